The molecule has 0 radical (unpaired) electrons. The van der Waals surface area contributed by atoms with E-state index in [1.807, 2.05) is 0 Å². The molecule has 78 valence electrons. The molecule has 0 aromatic carbocycles. The number of methoxy groups -OCH3 is 1. The highest BCUT2D eigenvalue weighted by Gasteiger charge is 2.23. The Hall–Kier alpha value is -0.870. The summed E-state index contributed by atoms with van der Waals surface area (Å²) in [7, 11) is 1.78. The third-order valence-corrected chi connectivity index (χ3v) is 2.77. The van der Waals surface area contributed by atoms with Crippen LogP contribution in [-0.2, 0) is 11.3 Å². The minimum absolute atomic E-state index is 0.433. The van der Waals surface area contributed by atoms with Crippen LogP contribution in [0.1, 0.15) is 25.0 Å². The van der Waals surface area contributed by atoms with Crippen LogP contribution in [0, 0.1) is 0 Å². The molecule has 4 nitrogen and oxygen atoms in total. The molecule has 1 aromatic rings. The van der Waals surface area contributed by atoms with E-state index in [2.05, 4.69) is 10.3 Å². The minimum atomic E-state index is 0.433. The molecule has 2 atom stereocenters. The van der Waals surface area contributed by atoms with Gasteiger partial charge in [0, 0.05) is 13.2 Å². The predicted octanol–water partition coefficient (Wildman–Crippen LogP) is 1.33. The van der Waals surface area contributed by atoms with E-state index in [4.69, 9.17) is 9.15 Å². The molecule has 2 rings (SSSR count). The van der Waals surface area contributed by atoms with Crippen molar-refractivity contribution in [2.24, 2.45) is 0 Å². The van der Waals surface area contributed by atoms with Crippen molar-refractivity contribution in [3.05, 3.63) is 18.4 Å². The van der Waals surface area contributed by atoms with Gasteiger partial charge < -0.3 is 14.5 Å². The van der Waals surface area contributed by atoms with Gasteiger partial charge in [0.15, 0.2) is 6.39 Å². The molecule has 1 aliphatic rings. The number of hydrogen-bond donors (Lipinski definition) is 1. The number of ether oxygens (including phenoxy) is 1. The lowest BCUT2D eigenvalue weighted by atomic mass is 10.2. The standard InChI is InChI=1S/C10H16N2O2/c1-13-9-3-2-8(4-9)12-6-10-5-11-7-14-10/h5,7-9,12H,2-4,6H2,1H3. The molecular formula is C10H16N2O2. The SMILES string of the molecule is COC1CCC(NCc2cnco2)C1. The maximum absolute atomic E-state index is 5.30. The summed E-state index contributed by atoms with van der Waals surface area (Å²) in [5.74, 6) is 0.894. The first-order valence-electron chi connectivity index (χ1n) is 5.02. The molecule has 0 aliphatic heterocycles. The molecule has 4 heteroatoms. The van der Waals surface area contributed by atoms with E-state index in [0.717, 1.165) is 25.1 Å². The highest BCUT2D eigenvalue weighted by atomic mass is 16.5. The first-order chi connectivity index (χ1) is 6.88. The van der Waals surface area contributed by atoms with E-state index < -0.39 is 0 Å². The molecule has 0 bridgehead atoms. The van der Waals surface area contributed by atoms with Crippen LogP contribution in [-0.4, -0.2) is 24.2 Å². The first-order valence-corrected chi connectivity index (χ1v) is 5.02. The lowest BCUT2D eigenvalue weighted by molar-refractivity contribution is 0.107. The molecule has 1 aliphatic carbocycles. The van der Waals surface area contributed by atoms with Crippen LogP contribution < -0.4 is 5.32 Å². The van der Waals surface area contributed by atoms with E-state index in [-0.39, 0.29) is 0 Å². The van der Waals surface area contributed by atoms with Crippen molar-refractivity contribution in [1.82, 2.24) is 10.3 Å². The number of nitrogens with zero attached hydrogens (tertiary/aromatic N) is 1. The number of hydrogen-bond acceptors (Lipinski definition) is 4. The average Bonchev–Trinajstić information content (AvgIpc) is 2.86. The molecular weight excluding hydrogens is 180 g/mol. The van der Waals surface area contributed by atoms with Gasteiger partial charge in [0.25, 0.3) is 0 Å². The van der Waals surface area contributed by atoms with Gasteiger partial charge in [0.2, 0.25) is 0 Å². The van der Waals surface area contributed by atoms with Crippen LogP contribution in [0.3, 0.4) is 0 Å². The number of aromatic nitrogens is 1. The molecule has 2 unspecified atom stereocenters. The Labute approximate surface area is 83.7 Å². The zero-order chi connectivity index (χ0) is 9.80. The van der Waals surface area contributed by atoms with E-state index in [0.29, 0.717) is 12.1 Å². The van der Waals surface area contributed by atoms with Crippen molar-refractivity contribution >= 4 is 0 Å². The van der Waals surface area contributed by atoms with Gasteiger partial charge in [0.1, 0.15) is 5.76 Å². The second-order valence-corrected chi connectivity index (χ2v) is 3.72. The van der Waals surface area contributed by atoms with Crippen molar-refractivity contribution in [1.29, 1.82) is 0 Å². The summed E-state index contributed by atoms with van der Waals surface area (Å²) in [5, 5.41) is 3.43. The Morgan fingerprint density at radius 1 is 1.64 bits per heavy atom. The summed E-state index contributed by atoms with van der Waals surface area (Å²) in [5.41, 5.74) is 0. The summed E-state index contributed by atoms with van der Waals surface area (Å²) in [4.78, 5) is 3.87. The third kappa shape index (κ3) is 2.33. The first kappa shape index (κ1) is 9.68. The smallest absolute Gasteiger partial charge is 0.180 e. The molecule has 1 fully saturated rings. The largest absolute Gasteiger partial charge is 0.447 e. The number of nitrogens with one attached hydrogen (secondary N) is 1. The van der Waals surface area contributed by atoms with Crippen molar-refractivity contribution < 1.29 is 9.15 Å². The monoisotopic (exact) mass is 196 g/mol. The maximum atomic E-state index is 5.30. The lowest BCUT2D eigenvalue weighted by Crippen LogP contribution is -2.26. The highest BCUT2D eigenvalue weighted by Crippen LogP contribution is 2.21. The number of oxazole rings is 1. The van der Waals surface area contributed by atoms with Gasteiger partial charge in [-0.15, -0.1) is 0 Å². The Kier molecular flexibility index (Phi) is 3.16. The molecule has 1 N–H and O–H groups in total. The maximum Gasteiger partial charge on any atom is 0.180 e. The Morgan fingerprint density at radius 2 is 2.57 bits per heavy atom. The fourth-order valence-electron chi connectivity index (χ4n) is 1.91. The van der Waals surface area contributed by atoms with Crippen LogP contribution in [0.25, 0.3) is 0 Å². The van der Waals surface area contributed by atoms with E-state index >= 15 is 0 Å². The second kappa shape index (κ2) is 4.57. The summed E-state index contributed by atoms with van der Waals surface area (Å²) in [6.45, 7) is 0.765. The molecule has 1 heterocycles. The van der Waals surface area contributed by atoms with Gasteiger partial charge in [-0.2, -0.15) is 0 Å². The summed E-state index contributed by atoms with van der Waals surface area (Å²) in [6, 6.07) is 0.560. The van der Waals surface area contributed by atoms with Crippen LogP contribution in [0.5, 0.6) is 0 Å². The van der Waals surface area contributed by atoms with E-state index in [9.17, 15) is 0 Å². The molecule has 1 saturated carbocycles. The van der Waals surface area contributed by atoms with Crippen LogP contribution in [0.15, 0.2) is 17.0 Å². The molecule has 14 heavy (non-hydrogen) atoms. The van der Waals surface area contributed by atoms with Crippen molar-refractivity contribution in [3.8, 4) is 0 Å². The van der Waals surface area contributed by atoms with Gasteiger partial charge in [-0.3, -0.25) is 0 Å². The summed E-state index contributed by atoms with van der Waals surface area (Å²) < 4.78 is 10.4. The zero-order valence-corrected chi connectivity index (χ0v) is 8.40. The molecule has 1 aromatic heterocycles. The topological polar surface area (TPSA) is 47.3 Å². The van der Waals surface area contributed by atoms with Crippen LogP contribution in [0.4, 0.5) is 0 Å². The van der Waals surface area contributed by atoms with Gasteiger partial charge in [-0.25, -0.2) is 4.98 Å². The fraction of sp³-hybridized carbons (Fsp3) is 0.700. The predicted molar refractivity (Wildman–Crippen MR) is 51.8 cm³/mol. The van der Waals surface area contributed by atoms with Gasteiger partial charge in [0.05, 0.1) is 18.8 Å². The second-order valence-electron chi connectivity index (χ2n) is 3.72. The van der Waals surface area contributed by atoms with Crippen molar-refractivity contribution in [3.63, 3.8) is 0 Å². The van der Waals surface area contributed by atoms with Crippen molar-refractivity contribution in [2.75, 3.05) is 7.11 Å². The van der Waals surface area contributed by atoms with Gasteiger partial charge in [-0.1, -0.05) is 0 Å². The van der Waals surface area contributed by atoms with Crippen LogP contribution >= 0.6 is 0 Å². The van der Waals surface area contributed by atoms with E-state index in [1.165, 1.54) is 12.8 Å². The zero-order valence-electron chi connectivity index (χ0n) is 8.40. The summed E-state index contributed by atoms with van der Waals surface area (Å²) in [6.07, 6.45) is 7.09. The Bertz CT molecular complexity index is 261. The Morgan fingerprint density at radius 3 is 3.21 bits per heavy atom. The molecule has 0 amide bonds. The molecule has 0 saturated heterocycles. The quantitative estimate of drug-likeness (QED) is 0.789. The van der Waals surface area contributed by atoms with Crippen molar-refractivity contribution in [2.45, 2.75) is 38.0 Å². The third-order valence-electron chi connectivity index (χ3n) is 2.77. The van der Waals surface area contributed by atoms with E-state index in [1.54, 1.807) is 13.3 Å². The fourth-order valence-corrected chi connectivity index (χ4v) is 1.91. The van der Waals surface area contributed by atoms with Crippen LogP contribution in [0.2, 0.25) is 0 Å². The number of rotatable bonds is 4. The average molecular weight is 196 g/mol. The lowest BCUT2D eigenvalue weighted by Gasteiger charge is -2.11. The normalized spacial score (nSPS) is 26.9. The highest BCUT2D eigenvalue weighted by molar-refractivity contribution is 4.90. The minimum Gasteiger partial charge on any atom is -0.447 e. The van der Waals surface area contributed by atoms with Gasteiger partial charge >= 0.3 is 0 Å². The molecule has 0 spiro atoms. The summed E-state index contributed by atoms with van der Waals surface area (Å²) >= 11 is 0. The van der Waals surface area contributed by atoms with Gasteiger partial charge in [-0.05, 0) is 19.3 Å². The Balaban J connectivity index is 1.72.